The van der Waals surface area contributed by atoms with Crippen LogP contribution in [0, 0.1) is 5.92 Å². The summed E-state index contributed by atoms with van der Waals surface area (Å²) in [4.78, 5) is 0. The molecule has 0 aromatic heterocycles. The second-order valence-corrected chi connectivity index (χ2v) is 3.10. The number of rotatable bonds is 5. The maximum Gasteiger partial charge on any atom is 0.147 e. The highest BCUT2D eigenvalue weighted by Crippen LogP contribution is 1.93. The zero-order valence-electron chi connectivity index (χ0n) is 7.39. The smallest absolute Gasteiger partial charge is 0.147 e. The lowest BCUT2D eigenvalue weighted by atomic mass is 10.2. The van der Waals surface area contributed by atoms with Crippen molar-refractivity contribution in [3.8, 4) is 0 Å². The van der Waals surface area contributed by atoms with Gasteiger partial charge >= 0.3 is 0 Å². The Kier molecular flexibility index (Phi) is 5.64. The molecule has 10 heavy (non-hydrogen) atoms. The highest BCUT2D eigenvalue weighted by atomic mass is 16.7. The zero-order chi connectivity index (χ0) is 7.98. The molecule has 62 valence electrons. The quantitative estimate of drug-likeness (QED) is 0.436. The van der Waals surface area contributed by atoms with E-state index in [0.29, 0.717) is 12.7 Å². The molecule has 0 aliphatic rings. The summed E-state index contributed by atoms with van der Waals surface area (Å²) in [6.45, 7) is 9.45. The standard InChI is InChI=1S/C8H18O2/c1-7(2)5-9-6-10-8(3)4/h7-8H,5-6H2,1-4H3. The minimum atomic E-state index is 0.271. The van der Waals surface area contributed by atoms with Crippen molar-refractivity contribution in [1.82, 2.24) is 0 Å². The van der Waals surface area contributed by atoms with Crippen LogP contribution in [0.5, 0.6) is 0 Å². The Hall–Kier alpha value is -0.0800. The first-order chi connectivity index (χ1) is 4.63. The van der Waals surface area contributed by atoms with Crippen LogP contribution in [0.4, 0.5) is 0 Å². The molecule has 0 radical (unpaired) electrons. The van der Waals surface area contributed by atoms with Gasteiger partial charge in [-0.3, -0.25) is 0 Å². The van der Waals surface area contributed by atoms with Gasteiger partial charge in [0, 0.05) is 0 Å². The lowest BCUT2D eigenvalue weighted by Crippen LogP contribution is -2.10. The van der Waals surface area contributed by atoms with Gasteiger partial charge in [0.2, 0.25) is 0 Å². The van der Waals surface area contributed by atoms with Gasteiger partial charge in [0.05, 0.1) is 12.7 Å². The van der Waals surface area contributed by atoms with Gasteiger partial charge in [0.1, 0.15) is 6.79 Å². The van der Waals surface area contributed by atoms with E-state index >= 15 is 0 Å². The fraction of sp³-hybridized carbons (Fsp3) is 1.00. The van der Waals surface area contributed by atoms with Gasteiger partial charge in [-0.25, -0.2) is 0 Å². The second kappa shape index (κ2) is 5.69. The van der Waals surface area contributed by atoms with Gasteiger partial charge in [-0.05, 0) is 19.8 Å². The average molecular weight is 146 g/mol. The van der Waals surface area contributed by atoms with Crippen LogP contribution in [0.3, 0.4) is 0 Å². The lowest BCUT2D eigenvalue weighted by molar-refractivity contribution is -0.0847. The third-order valence-electron chi connectivity index (χ3n) is 0.936. The number of hydrogen-bond donors (Lipinski definition) is 0. The van der Waals surface area contributed by atoms with E-state index in [2.05, 4.69) is 13.8 Å². The van der Waals surface area contributed by atoms with Crippen LogP contribution >= 0.6 is 0 Å². The molecule has 0 aliphatic carbocycles. The van der Waals surface area contributed by atoms with Crippen molar-refractivity contribution in [3.05, 3.63) is 0 Å². The molecule has 2 heteroatoms. The number of hydrogen-bond acceptors (Lipinski definition) is 2. The van der Waals surface area contributed by atoms with Crippen molar-refractivity contribution >= 4 is 0 Å². The maximum absolute atomic E-state index is 5.18. The van der Waals surface area contributed by atoms with Gasteiger partial charge in [0.25, 0.3) is 0 Å². The fourth-order valence-corrected chi connectivity index (χ4v) is 0.468. The van der Waals surface area contributed by atoms with Crippen molar-refractivity contribution in [2.45, 2.75) is 33.8 Å². The lowest BCUT2D eigenvalue weighted by Gasteiger charge is -2.09. The molecule has 0 saturated heterocycles. The first-order valence-corrected chi connectivity index (χ1v) is 3.82. The minimum absolute atomic E-state index is 0.271. The van der Waals surface area contributed by atoms with Crippen molar-refractivity contribution in [3.63, 3.8) is 0 Å². The summed E-state index contributed by atoms with van der Waals surface area (Å²) in [7, 11) is 0. The molecule has 0 atom stereocenters. The summed E-state index contributed by atoms with van der Waals surface area (Å²) in [5.41, 5.74) is 0. The molecule has 0 bridgehead atoms. The summed E-state index contributed by atoms with van der Waals surface area (Å²) >= 11 is 0. The minimum Gasteiger partial charge on any atom is -0.355 e. The molecule has 0 aromatic rings. The van der Waals surface area contributed by atoms with E-state index in [1.165, 1.54) is 0 Å². The Labute approximate surface area is 63.5 Å². The van der Waals surface area contributed by atoms with Crippen molar-refractivity contribution in [2.75, 3.05) is 13.4 Å². The molecule has 0 amide bonds. The molecular formula is C8H18O2. The molecular weight excluding hydrogens is 128 g/mol. The summed E-state index contributed by atoms with van der Waals surface area (Å²) in [6.07, 6.45) is 0.271. The second-order valence-electron chi connectivity index (χ2n) is 3.10. The fourth-order valence-electron chi connectivity index (χ4n) is 0.468. The predicted molar refractivity (Wildman–Crippen MR) is 41.9 cm³/mol. The normalized spacial score (nSPS) is 11.4. The van der Waals surface area contributed by atoms with Crippen LogP contribution in [0.2, 0.25) is 0 Å². The molecule has 2 nitrogen and oxygen atoms in total. The molecule has 0 spiro atoms. The third kappa shape index (κ3) is 7.92. The van der Waals surface area contributed by atoms with Crippen LogP contribution in [0.15, 0.2) is 0 Å². The third-order valence-corrected chi connectivity index (χ3v) is 0.936. The maximum atomic E-state index is 5.18. The molecule has 0 rings (SSSR count). The summed E-state index contributed by atoms with van der Waals surface area (Å²) in [6, 6.07) is 0. The van der Waals surface area contributed by atoms with Crippen molar-refractivity contribution < 1.29 is 9.47 Å². The van der Waals surface area contributed by atoms with Gasteiger partial charge < -0.3 is 9.47 Å². The molecule has 0 fully saturated rings. The van der Waals surface area contributed by atoms with E-state index in [-0.39, 0.29) is 6.10 Å². The molecule has 0 aromatic carbocycles. The summed E-state index contributed by atoms with van der Waals surface area (Å²) in [5.74, 6) is 0.593. The Morgan fingerprint density at radius 3 is 2.10 bits per heavy atom. The van der Waals surface area contributed by atoms with Crippen LogP contribution in [0.1, 0.15) is 27.7 Å². The first-order valence-electron chi connectivity index (χ1n) is 3.82. The summed E-state index contributed by atoms with van der Waals surface area (Å²) < 4.78 is 10.4. The Balaban J connectivity index is 2.91. The van der Waals surface area contributed by atoms with Crippen LogP contribution in [0.25, 0.3) is 0 Å². The Morgan fingerprint density at radius 1 is 1.10 bits per heavy atom. The van der Waals surface area contributed by atoms with E-state index < -0.39 is 0 Å². The van der Waals surface area contributed by atoms with Gasteiger partial charge in [-0.15, -0.1) is 0 Å². The van der Waals surface area contributed by atoms with E-state index in [1.807, 2.05) is 13.8 Å². The van der Waals surface area contributed by atoms with Gasteiger partial charge in [-0.1, -0.05) is 13.8 Å². The Bertz CT molecular complexity index is 59.7. The zero-order valence-corrected chi connectivity index (χ0v) is 7.39. The van der Waals surface area contributed by atoms with Gasteiger partial charge in [-0.2, -0.15) is 0 Å². The SMILES string of the molecule is CC(C)COCOC(C)C. The predicted octanol–water partition coefficient (Wildman–Crippen LogP) is 2.04. The topological polar surface area (TPSA) is 18.5 Å². The van der Waals surface area contributed by atoms with Crippen molar-refractivity contribution in [1.29, 1.82) is 0 Å². The van der Waals surface area contributed by atoms with Crippen LogP contribution < -0.4 is 0 Å². The van der Waals surface area contributed by atoms with Crippen molar-refractivity contribution in [2.24, 2.45) is 5.92 Å². The largest absolute Gasteiger partial charge is 0.355 e. The van der Waals surface area contributed by atoms with Crippen LogP contribution in [-0.2, 0) is 9.47 Å². The molecule has 0 N–H and O–H groups in total. The van der Waals surface area contributed by atoms with Crippen LogP contribution in [-0.4, -0.2) is 19.5 Å². The highest BCUT2D eigenvalue weighted by Gasteiger charge is 1.94. The molecule has 0 aliphatic heterocycles. The van der Waals surface area contributed by atoms with E-state index in [9.17, 15) is 0 Å². The molecule has 0 unspecified atom stereocenters. The summed E-state index contributed by atoms with van der Waals surface area (Å²) in [5, 5.41) is 0. The molecule has 0 heterocycles. The molecule has 0 saturated carbocycles. The number of ether oxygens (including phenoxy) is 2. The Morgan fingerprint density at radius 2 is 1.70 bits per heavy atom. The first kappa shape index (κ1) is 9.92. The van der Waals surface area contributed by atoms with E-state index in [0.717, 1.165) is 6.61 Å². The highest BCUT2D eigenvalue weighted by molar-refractivity contribution is 4.37. The van der Waals surface area contributed by atoms with Gasteiger partial charge in [0.15, 0.2) is 0 Å². The average Bonchev–Trinajstić information content (AvgIpc) is 1.79. The van der Waals surface area contributed by atoms with E-state index in [1.54, 1.807) is 0 Å². The monoisotopic (exact) mass is 146 g/mol. The van der Waals surface area contributed by atoms with E-state index in [4.69, 9.17) is 9.47 Å².